The third-order valence-electron chi connectivity index (χ3n) is 8.84. The third-order valence-corrected chi connectivity index (χ3v) is 45.2. The van der Waals surface area contributed by atoms with Gasteiger partial charge in [0.15, 0.2) is 58.2 Å². The molecule has 0 radical (unpaired) electrons. The summed E-state index contributed by atoms with van der Waals surface area (Å²) < 4.78 is 50.1. The zero-order valence-electron chi connectivity index (χ0n) is 37.7. The van der Waals surface area contributed by atoms with E-state index in [9.17, 15) is 0 Å². The first-order valence-electron chi connectivity index (χ1n) is 19.8. The van der Waals surface area contributed by atoms with Crippen molar-refractivity contribution in [1.82, 2.24) is 0 Å². The second kappa shape index (κ2) is 18.6. The van der Waals surface area contributed by atoms with Crippen molar-refractivity contribution >= 4 is 94.5 Å². The number of rotatable bonds is 23. The first-order valence-corrected chi connectivity index (χ1v) is 48.9. The Balaban J connectivity index is 2.34. The molecule has 0 aliphatic heterocycles. The molecular weight excluding hydrogens is 837 g/mol. The summed E-state index contributed by atoms with van der Waals surface area (Å²) in [5, 5.41) is 2.28. The molecule has 7 nitrogen and oxygen atoms in total. The lowest BCUT2D eigenvalue weighted by atomic mass is 10.4. The monoisotopic (exact) mass is 914 g/mol. The SMILES string of the molecule is C=C[Si](C)(C)O[Si](C)(C)O[Si](C)(C)CC[Si](C)(C)O[Si](C)(O[Si](C)(C)CC[Si](C)(C)O[Si](O[Si](C)(C)C)(O[Si](C)(C)C)c1ccccc1)c1ccccc1. The van der Waals surface area contributed by atoms with Crippen molar-refractivity contribution in [2.24, 2.45) is 0 Å². The molecule has 0 bridgehead atoms. The van der Waals surface area contributed by atoms with Crippen molar-refractivity contribution in [2.45, 2.75) is 149 Å². The molecule has 0 fully saturated rings. The van der Waals surface area contributed by atoms with Gasteiger partial charge in [0.1, 0.15) is 0 Å². The highest BCUT2D eigenvalue weighted by atomic mass is 28.5. The molecule has 0 N–H and O–H groups in total. The van der Waals surface area contributed by atoms with Gasteiger partial charge in [-0.3, -0.25) is 0 Å². The average molecular weight is 916 g/mol. The van der Waals surface area contributed by atoms with Crippen LogP contribution in [0.3, 0.4) is 0 Å². The molecule has 1 unspecified atom stereocenters. The summed E-state index contributed by atoms with van der Waals surface area (Å²) in [4.78, 5) is 0. The van der Waals surface area contributed by atoms with Crippen molar-refractivity contribution in [3.05, 3.63) is 72.9 Å². The van der Waals surface area contributed by atoms with Gasteiger partial charge in [-0.1, -0.05) is 66.4 Å². The Morgan fingerprint density at radius 1 is 0.407 bits per heavy atom. The summed E-state index contributed by atoms with van der Waals surface area (Å²) in [5.74, 6) is 0. The van der Waals surface area contributed by atoms with E-state index in [4.69, 9.17) is 28.8 Å². The molecule has 0 aromatic heterocycles. The molecule has 0 aliphatic carbocycles. The van der Waals surface area contributed by atoms with Crippen molar-refractivity contribution in [3.8, 4) is 0 Å². The summed E-state index contributed by atoms with van der Waals surface area (Å²) in [6.07, 6.45) is 0. The minimum atomic E-state index is -3.22. The maximum atomic E-state index is 7.48. The van der Waals surface area contributed by atoms with Crippen molar-refractivity contribution in [3.63, 3.8) is 0 Å². The second-order valence-electron chi connectivity index (χ2n) is 20.4. The van der Waals surface area contributed by atoms with Crippen LogP contribution in [0.2, 0.25) is 149 Å². The van der Waals surface area contributed by atoms with Crippen LogP contribution in [0.5, 0.6) is 0 Å². The minimum Gasteiger partial charge on any atom is -0.437 e. The van der Waals surface area contributed by atoms with E-state index in [1.165, 1.54) is 5.19 Å². The first-order chi connectivity index (χ1) is 24.1. The topological polar surface area (TPSA) is 64.6 Å². The largest absolute Gasteiger partial charge is 0.505 e. The Kier molecular flexibility index (Phi) is 17.2. The number of benzene rings is 2. The fourth-order valence-corrected chi connectivity index (χ4v) is 53.0. The smallest absolute Gasteiger partial charge is 0.437 e. The molecule has 0 aliphatic rings. The summed E-state index contributed by atoms with van der Waals surface area (Å²) in [6, 6.07) is 25.3. The molecular formula is C37H78O7Si10. The van der Waals surface area contributed by atoms with Crippen LogP contribution >= 0.6 is 0 Å². The van der Waals surface area contributed by atoms with Gasteiger partial charge in [-0.05, 0) is 154 Å². The van der Waals surface area contributed by atoms with E-state index in [1.807, 2.05) is 5.70 Å². The van der Waals surface area contributed by atoms with Gasteiger partial charge in [0.05, 0.1) is 0 Å². The molecule has 0 spiro atoms. The lowest BCUT2D eigenvalue weighted by molar-refractivity contribution is 0.271. The van der Waals surface area contributed by atoms with Gasteiger partial charge in [-0.15, -0.1) is 6.58 Å². The zero-order valence-corrected chi connectivity index (χ0v) is 47.7. The highest BCUT2D eigenvalue weighted by molar-refractivity contribution is 6.97. The van der Waals surface area contributed by atoms with E-state index in [-0.39, 0.29) is 0 Å². The zero-order chi connectivity index (χ0) is 41.7. The predicted molar refractivity (Wildman–Crippen MR) is 258 cm³/mol. The maximum absolute atomic E-state index is 7.48. The van der Waals surface area contributed by atoms with Gasteiger partial charge >= 0.3 is 25.9 Å². The molecule has 0 saturated heterocycles. The maximum Gasteiger partial charge on any atom is 0.505 e. The Hall–Kier alpha value is 0.0688. The molecule has 0 heterocycles. The van der Waals surface area contributed by atoms with E-state index in [0.29, 0.717) is 0 Å². The van der Waals surface area contributed by atoms with E-state index in [0.717, 1.165) is 29.4 Å². The van der Waals surface area contributed by atoms with Crippen LogP contribution in [0.25, 0.3) is 0 Å². The van der Waals surface area contributed by atoms with Gasteiger partial charge in [0, 0.05) is 5.19 Å². The van der Waals surface area contributed by atoms with Gasteiger partial charge in [-0.25, -0.2) is 0 Å². The van der Waals surface area contributed by atoms with Gasteiger partial charge < -0.3 is 28.8 Å². The Labute approximate surface area is 342 Å². The lowest BCUT2D eigenvalue weighted by Gasteiger charge is -2.45. The van der Waals surface area contributed by atoms with Crippen LogP contribution in [-0.4, -0.2) is 84.1 Å². The fourth-order valence-electron chi connectivity index (χ4n) is 6.76. The molecule has 308 valence electrons. The molecule has 0 saturated carbocycles. The fraction of sp³-hybridized carbons (Fsp3) is 0.622. The summed E-state index contributed by atoms with van der Waals surface area (Å²) in [7, 11) is -23.2. The Bertz CT molecular complexity index is 1460. The Morgan fingerprint density at radius 3 is 1.09 bits per heavy atom. The van der Waals surface area contributed by atoms with Crippen molar-refractivity contribution < 1.29 is 28.8 Å². The normalized spacial score (nSPS) is 15.6. The molecule has 2 aromatic carbocycles. The summed E-state index contributed by atoms with van der Waals surface area (Å²) >= 11 is 0. The van der Waals surface area contributed by atoms with Crippen molar-refractivity contribution in [2.75, 3.05) is 0 Å². The second-order valence-corrected chi connectivity index (χ2v) is 61.2. The quantitative estimate of drug-likeness (QED) is 0.103. The van der Waals surface area contributed by atoms with E-state index in [1.54, 1.807) is 0 Å². The molecule has 17 heteroatoms. The molecule has 2 aromatic rings. The molecule has 0 amide bonds. The molecule has 1 atom stereocenters. The predicted octanol–water partition coefficient (Wildman–Crippen LogP) is 11.1. The van der Waals surface area contributed by atoms with E-state index in [2.05, 4.69) is 192 Å². The van der Waals surface area contributed by atoms with Crippen LogP contribution in [0.15, 0.2) is 72.9 Å². The summed E-state index contributed by atoms with van der Waals surface area (Å²) in [5.41, 5.74) is 2.00. The highest BCUT2D eigenvalue weighted by Crippen LogP contribution is 2.33. The first kappa shape index (κ1) is 50.2. The highest BCUT2D eigenvalue weighted by Gasteiger charge is 2.53. The standard InChI is InChI=1S/C37H78O7Si10/c1-21-47(8,9)40-52(18,19)41-48(10,11)32-33-49(12,13)42-53(20,36-28-24-22-25-29-36)43-50(14,15)34-35-51(16,17)44-54(38-45(2,3)4,39-46(5,6)7)37-30-26-23-27-31-37/h21-31H,1,32-35H2,2-20H3. The molecule has 54 heavy (non-hydrogen) atoms. The molecule has 2 rings (SSSR count). The number of hydrogen-bond acceptors (Lipinski definition) is 7. The van der Waals surface area contributed by atoms with E-state index < -0.39 is 84.1 Å². The van der Waals surface area contributed by atoms with Gasteiger partial charge in [0.25, 0.3) is 0 Å². The van der Waals surface area contributed by atoms with E-state index >= 15 is 0 Å². The Morgan fingerprint density at radius 2 is 0.741 bits per heavy atom. The van der Waals surface area contributed by atoms with Crippen LogP contribution in [-0.2, 0) is 28.8 Å². The lowest BCUT2D eigenvalue weighted by Crippen LogP contribution is -2.67. The van der Waals surface area contributed by atoms with Crippen LogP contribution in [0.1, 0.15) is 0 Å². The van der Waals surface area contributed by atoms with Crippen molar-refractivity contribution in [1.29, 1.82) is 0 Å². The van der Waals surface area contributed by atoms with Crippen LogP contribution < -0.4 is 10.4 Å². The minimum absolute atomic E-state index is 0.961. The average Bonchev–Trinajstić information content (AvgIpc) is 2.97. The van der Waals surface area contributed by atoms with Crippen LogP contribution in [0.4, 0.5) is 0 Å². The van der Waals surface area contributed by atoms with Gasteiger partial charge in [0.2, 0.25) is 0 Å². The number of hydrogen-bond donors (Lipinski definition) is 0. The summed E-state index contributed by atoms with van der Waals surface area (Å²) in [6.45, 7) is 47.4. The van der Waals surface area contributed by atoms with Crippen LogP contribution in [0, 0.1) is 0 Å². The van der Waals surface area contributed by atoms with Gasteiger partial charge in [-0.2, -0.15) is 0 Å². The third kappa shape index (κ3) is 17.9.